The van der Waals surface area contributed by atoms with Gasteiger partial charge in [0.05, 0.1) is 6.61 Å². The minimum absolute atomic E-state index is 0.555. The molecule has 0 fully saturated rings. The van der Waals surface area contributed by atoms with E-state index in [1.54, 1.807) is 12.1 Å². The molecule has 21 heavy (non-hydrogen) atoms. The zero-order chi connectivity index (χ0) is 15.1. The van der Waals surface area contributed by atoms with Gasteiger partial charge in [-0.15, -0.1) is 0 Å². The monoisotopic (exact) mass is 432 g/mol. The molecule has 0 amide bonds. The predicted molar refractivity (Wildman–Crippen MR) is 94.8 cm³/mol. The maximum atomic E-state index is 6.03. The first-order chi connectivity index (χ1) is 10.2. The van der Waals surface area contributed by atoms with Crippen LogP contribution in [0.4, 0.5) is 0 Å². The van der Waals surface area contributed by atoms with Crippen LogP contribution in [0.5, 0.6) is 17.2 Å². The summed E-state index contributed by atoms with van der Waals surface area (Å²) < 4.78 is 11.7. The van der Waals surface area contributed by atoms with Crippen molar-refractivity contribution in [2.45, 2.75) is 6.42 Å². The zero-order valence-electron chi connectivity index (χ0n) is 11.3. The highest BCUT2D eigenvalue weighted by Gasteiger charge is 2.10. The van der Waals surface area contributed by atoms with Crippen molar-refractivity contribution in [2.24, 2.45) is 0 Å². The van der Waals surface area contributed by atoms with Crippen LogP contribution in [-0.2, 0) is 6.42 Å². The Morgan fingerprint density at radius 2 is 1.71 bits per heavy atom. The third-order valence-corrected chi connectivity index (χ3v) is 3.75. The molecule has 0 aliphatic heterocycles. The first-order valence-corrected chi connectivity index (χ1v) is 9.16. The molecule has 2 nitrogen and oxygen atoms in total. The van der Waals surface area contributed by atoms with Crippen LogP contribution in [0.15, 0.2) is 42.5 Å². The van der Waals surface area contributed by atoms with Gasteiger partial charge in [-0.1, -0.05) is 61.7 Å². The second-order valence-electron chi connectivity index (χ2n) is 4.28. The Morgan fingerprint density at radius 3 is 2.48 bits per heavy atom. The Morgan fingerprint density at radius 1 is 0.905 bits per heavy atom. The van der Waals surface area contributed by atoms with Crippen molar-refractivity contribution in [3.8, 4) is 17.2 Å². The molecule has 0 heterocycles. The molecular formula is C16H15Br2ClO2. The zero-order valence-corrected chi connectivity index (χ0v) is 15.2. The van der Waals surface area contributed by atoms with E-state index in [-0.39, 0.29) is 0 Å². The Hall–Kier alpha value is -0.710. The summed E-state index contributed by atoms with van der Waals surface area (Å²) in [6.07, 6.45) is 0.904. The Kier molecular flexibility index (Phi) is 6.87. The highest BCUT2D eigenvalue weighted by atomic mass is 79.9. The van der Waals surface area contributed by atoms with E-state index in [0.29, 0.717) is 23.1 Å². The van der Waals surface area contributed by atoms with Gasteiger partial charge in [-0.2, -0.15) is 0 Å². The van der Waals surface area contributed by atoms with Gasteiger partial charge in [0.2, 0.25) is 0 Å². The molecule has 2 rings (SSSR count). The summed E-state index contributed by atoms with van der Waals surface area (Å²) in [6.45, 7) is 0.555. The fourth-order valence-electron chi connectivity index (χ4n) is 1.86. The SMILES string of the molecule is Clc1ccc(Oc2ccccc2CCBr)c(OCCBr)c1. The van der Waals surface area contributed by atoms with Crippen molar-refractivity contribution < 1.29 is 9.47 Å². The van der Waals surface area contributed by atoms with Crippen LogP contribution >= 0.6 is 43.5 Å². The van der Waals surface area contributed by atoms with E-state index >= 15 is 0 Å². The van der Waals surface area contributed by atoms with Gasteiger partial charge in [0.1, 0.15) is 5.75 Å². The third-order valence-electron chi connectivity index (χ3n) is 2.80. The first kappa shape index (κ1) is 16.7. The molecule has 0 radical (unpaired) electrons. The number of rotatable bonds is 7. The topological polar surface area (TPSA) is 18.5 Å². The number of aryl methyl sites for hydroxylation is 1. The third kappa shape index (κ3) is 4.90. The molecular weight excluding hydrogens is 419 g/mol. The van der Waals surface area contributed by atoms with Crippen molar-refractivity contribution >= 4 is 43.5 Å². The molecule has 0 aromatic heterocycles. The van der Waals surface area contributed by atoms with Gasteiger partial charge in [-0.25, -0.2) is 0 Å². The Bertz CT molecular complexity index is 590. The summed E-state index contributed by atoms with van der Waals surface area (Å²) in [6, 6.07) is 13.4. The number of para-hydroxylation sites is 1. The second-order valence-corrected chi connectivity index (χ2v) is 6.30. The normalized spacial score (nSPS) is 10.4. The molecule has 112 valence electrons. The number of hydrogen-bond acceptors (Lipinski definition) is 2. The minimum atomic E-state index is 0.555. The lowest BCUT2D eigenvalue weighted by molar-refractivity contribution is 0.325. The van der Waals surface area contributed by atoms with Crippen molar-refractivity contribution in [3.05, 3.63) is 53.1 Å². The maximum absolute atomic E-state index is 6.03. The smallest absolute Gasteiger partial charge is 0.169 e. The molecule has 2 aromatic carbocycles. The molecule has 0 saturated heterocycles. The van der Waals surface area contributed by atoms with Gasteiger partial charge in [0.15, 0.2) is 11.5 Å². The molecule has 0 aliphatic carbocycles. The van der Waals surface area contributed by atoms with Gasteiger partial charge < -0.3 is 9.47 Å². The number of ether oxygens (including phenoxy) is 2. The molecule has 5 heteroatoms. The van der Waals surface area contributed by atoms with E-state index < -0.39 is 0 Å². The molecule has 0 N–H and O–H groups in total. The first-order valence-electron chi connectivity index (χ1n) is 6.54. The lowest BCUT2D eigenvalue weighted by Crippen LogP contribution is -2.00. The quantitative estimate of drug-likeness (QED) is 0.510. The summed E-state index contributed by atoms with van der Waals surface area (Å²) in [5, 5.41) is 2.26. The summed E-state index contributed by atoms with van der Waals surface area (Å²) in [5.41, 5.74) is 1.15. The number of halogens is 3. The summed E-state index contributed by atoms with van der Waals surface area (Å²) in [7, 11) is 0. The van der Waals surface area contributed by atoms with Gasteiger partial charge in [0.25, 0.3) is 0 Å². The van der Waals surface area contributed by atoms with Gasteiger partial charge in [0, 0.05) is 21.7 Å². The lowest BCUT2D eigenvalue weighted by Gasteiger charge is -2.14. The lowest BCUT2D eigenvalue weighted by atomic mass is 10.1. The summed E-state index contributed by atoms with van der Waals surface area (Å²) in [5.74, 6) is 2.15. The summed E-state index contributed by atoms with van der Waals surface area (Å²) >= 11 is 12.8. The Labute approximate surface area is 146 Å². The molecule has 0 atom stereocenters. The van der Waals surface area contributed by atoms with Crippen LogP contribution in [0.1, 0.15) is 5.56 Å². The number of benzene rings is 2. The fourth-order valence-corrected chi connectivity index (χ4v) is 2.61. The van der Waals surface area contributed by atoms with E-state index in [2.05, 4.69) is 37.9 Å². The van der Waals surface area contributed by atoms with E-state index in [4.69, 9.17) is 21.1 Å². The second kappa shape index (κ2) is 8.66. The average molecular weight is 435 g/mol. The van der Waals surface area contributed by atoms with Crippen LogP contribution in [0.3, 0.4) is 0 Å². The molecule has 0 bridgehead atoms. The predicted octanol–water partition coefficient (Wildman–Crippen LogP) is 5.84. The standard InChI is InChI=1S/C16H15Br2ClO2/c17-8-7-12-3-1-2-4-14(12)21-15-6-5-13(19)11-16(15)20-10-9-18/h1-6,11H,7-10H2. The van der Waals surface area contributed by atoms with Crippen LogP contribution < -0.4 is 9.47 Å². The van der Waals surface area contributed by atoms with Crippen LogP contribution in [-0.4, -0.2) is 17.3 Å². The van der Waals surface area contributed by atoms with E-state index in [9.17, 15) is 0 Å². The largest absolute Gasteiger partial charge is 0.489 e. The molecule has 0 saturated carbocycles. The van der Waals surface area contributed by atoms with E-state index in [1.807, 2.05) is 24.3 Å². The van der Waals surface area contributed by atoms with Gasteiger partial charge in [-0.05, 0) is 30.2 Å². The molecule has 0 spiro atoms. The van der Waals surface area contributed by atoms with Crippen molar-refractivity contribution in [1.29, 1.82) is 0 Å². The van der Waals surface area contributed by atoms with E-state index in [1.165, 1.54) is 0 Å². The van der Waals surface area contributed by atoms with Crippen LogP contribution in [0.2, 0.25) is 5.02 Å². The fraction of sp³-hybridized carbons (Fsp3) is 0.250. The highest BCUT2D eigenvalue weighted by molar-refractivity contribution is 9.09. The Balaban J connectivity index is 2.26. The van der Waals surface area contributed by atoms with Crippen molar-refractivity contribution in [3.63, 3.8) is 0 Å². The minimum Gasteiger partial charge on any atom is -0.489 e. The van der Waals surface area contributed by atoms with Crippen molar-refractivity contribution in [2.75, 3.05) is 17.3 Å². The van der Waals surface area contributed by atoms with Crippen LogP contribution in [0.25, 0.3) is 0 Å². The number of hydrogen-bond donors (Lipinski definition) is 0. The molecule has 2 aromatic rings. The number of alkyl halides is 2. The maximum Gasteiger partial charge on any atom is 0.169 e. The van der Waals surface area contributed by atoms with Crippen LogP contribution in [0, 0.1) is 0 Å². The molecule has 0 unspecified atom stereocenters. The average Bonchev–Trinajstić information content (AvgIpc) is 2.49. The van der Waals surface area contributed by atoms with Gasteiger partial charge >= 0.3 is 0 Å². The van der Waals surface area contributed by atoms with E-state index in [0.717, 1.165) is 28.4 Å². The van der Waals surface area contributed by atoms with Gasteiger partial charge in [-0.3, -0.25) is 0 Å². The molecule has 0 aliphatic rings. The highest BCUT2D eigenvalue weighted by Crippen LogP contribution is 2.35. The summed E-state index contributed by atoms with van der Waals surface area (Å²) in [4.78, 5) is 0. The van der Waals surface area contributed by atoms with Crippen molar-refractivity contribution in [1.82, 2.24) is 0 Å².